The summed E-state index contributed by atoms with van der Waals surface area (Å²) in [6.07, 6.45) is 1.50. The summed E-state index contributed by atoms with van der Waals surface area (Å²) in [6.45, 7) is 6.07. The number of hydrogen-bond acceptors (Lipinski definition) is 4. The normalized spacial score (nSPS) is 26.3. The average molecular weight is 364 g/mol. The Kier molecular flexibility index (Phi) is 3.81. The van der Waals surface area contributed by atoms with E-state index in [2.05, 4.69) is 0 Å². The van der Waals surface area contributed by atoms with Crippen molar-refractivity contribution in [2.75, 3.05) is 10.6 Å². The molecule has 2 aromatic rings. The van der Waals surface area contributed by atoms with Gasteiger partial charge < -0.3 is 10.5 Å². The van der Waals surface area contributed by atoms with Crippen molar-refractivity contribution in [3.8, 4) is 11.5 Å². The van der Waals surface area contributed by atoms with Crippen LogP contribution < -0.4 is 15.4 Å². The maximum Gasteiger partial charge on any atom is 0.240 e. The van der Waals surface area contributed by atoms with Gasteiger partial charge in [0.2, 0.25) is 11.8 Å². The molecular formula is C22H24N2O3. The van der Waals surface area contributed by atoms with Crippen LogP contribution in [0.25, 0.3) is 0 Å². The van der Waals surface area contributed by atoms with Crippen molar-refractivity contribution in [1.29, 1.82) is 0 Å². The lowest BCUT2D eigenvalue weighted by molar-refractivity contribution is -0.146. The highest BCUT2D eigenvalue weighted by molar-refractivity contribution is 6.20. The van der Waals surface area contributed by atoms with Crippen molar-refractivity contribution in [3.63, 3.8) is 0 Å². The van der Waals surface area contributed by atoms with Crippen LogP contribution in [0.3, 0.4) is 0 Å². The summed E-state index contributed by atoms with van der Waals surface area (Å²) in [5.74, 6) is 0.855. The van der Waals surface area contributed by atoms with Gasteiger partial charge in [0.15, 0.2) is 0 Å². The smallest absolute Gasteiger partial charge is 0.240 e. The minimum absolute atomic E-state index is 0.107. The topological polar surface area (TPSA) is 72.6 Å². The molecule has 5 heteroatoms. The van der Waals surface area contributed by atoms with Crippen molar-refractivity contribution in [3.05, 3.63) is 48.5 Å². The Bertz CT molecular complexity index is 919. The molecule has 140 valence electrons. The third kappa shape index (κ3) is 2.52. The zero-order chi connectivity index (χ0) is 19.4. The van der Waals surface area contributed by atoms with E-state index in [-0.39, 0.29) is 23.1 Å². The van der Waals surface area contributed by atoms with E-state index in [1.165, 1.54) is 4.90 Å². The fourth-order valence-electron chi connectivity index (χ4n) is 4.42. The van der Waals surface area contributed by atoms with E-state index in [1.807, 2.05) is 20.8 Å². The van der Waals surface area contributed by atoms with Crippen molar-refractivity contribution < 1.29 is 14.3 Å². The number of carbonyl (C=O) groups excluding carboxylic acids is 2. The van der Waals surface area contributed by atoms with Gasteiger partial charge in [0, 0.05) is 17.7 Å². The number of nitrogens with zero attached hydrogens (tertiary/aromatic N) is 1. The second-order valence-electron chi connectivity index (χ2n) is 8.29. The van der Waals surface area contributed by atoms with Crippen LogP contribution in [0, 0.1) is 16.7 Å². The number of ether oxygens (including phenoxy) is 1. The fourth-order valence-corrected chi connectivity index (χ4v) is 4.42. The molecule has 1 aliphatic carbocycles. The summed E-state index contributed by atoms with van der Waals surface area (Å²) in [7, 11) is 0. The van der Waals surface area contributed by atoms with Gasteiger partial charge in [0.1, 0.15) is 11.5 Å². The summed E-state index contributed by atoms with van der Waals surface area (Å²) in [6, 6.07) is 14.2. The molecule has 2 amide bonds. The zero-order valence-electron chi connectivity index (χ0n) is 15.9. The number of fused-ring (bicyclic) bond motifs is 2. The van der Waals surface area contributed by atoms with Crippen LogP contribution in [0.2, 0.25) is 0 Å². The molecule has 5 nitrogen and oxygen atoms in total. The van der Waals surface area contributed by atoms with E-state index < -0.39 is 5.41 Å². The van der Waals surface area contributed by atoms with E-state index in [0.717, 1.165) is 12.8 Å². The first-order valence-corrected chi connectivity index (χ1v) is 9.26. The first kappa shape index (κ1) is 17.6. The molecule has 1 saturated heterocycles. The summed E-state index contributed by atoms with van der Waals surface area (Å²) >= 11 is 0. The molecule has 0 radical (unpaired) electrons. The second-order valence-corrected chi connectivity index (χ2v) is 8.29. The zero-order valence-corrected chi connectivity index (χ0v) is 15.9. The van der Waals surface area contributed by atoms with E-state index in [4.69, 9.17) is 10.5 Å². The number of hydrogen-bond donors (Lipinski definition) is 1. The molecule has 0 aromatic heterocycles. The number of imide groups is 1. The van der Waals surface area contributed by atoms with Crippen LogP contribution in [-0.2, 0) is 9.59 Å². The van der Waals surface area contributed by atoms with Gasteiger partial charge in [-0.1, -0.05) is 26.8 Å². The van der Waals surface area contributed by atoms with E-state index >= 15 is 0 Å². The molecule has 2 atom stereocenters. The summed E-state index contributed by atoms with van der Waals surface area (Å²) < 4.78 is 5.87. The number of benzene rings is 2. The molecule has 2 N–H and O–H groups in total. The predicted molar refractivity (Wildman–Crippen MR) is 104 cm³/mol. The molecule has 1 aliphatic heterocycles. The van der Waals surface area contributed by atoms with Crippen molar-refractivity contribution in [1.82, 2.24) is 0 Å². The number of nitrogen functional groups attached to an aromatic ring is 1. The molecule has 2 unspecified atom stereocenters. The first-order chi connectivity index (χ1) is 12.7. The number of carbonyl (C=O) groups is 2. The third-order valence-electron chi connectivity index (χ3n) is 6.61. The van der Waals surface area contributed by atoms with Crippen molar-refractivity contribution in [2.24, 2.45) is 16.7 Å². The minimum Gasteiger partial charge on any atom is -0.457 e. The third-order valence-corrected chi connectivity index (χ3v) is 6.61. The van der Waals surface area contributed by atoms with Gasteiger partial charge in [-0.25, -0.2) is 4.90 Å². The van der Waals surface area contributed by atoms with Crippen molar-refractivity contribution >= 4 is 23.2 Å². The SMILES string of the molecule is CC12CCC(C(=O)N(c3cccc(Oc4ccc(N)cc4)c3)C1=O)C2(C)C. The molecule has 1 saturated carbocycles. The predicted octanol–water partition coefficient (Wildman–Crippen LogP) is 4.38. The Balaban J connectivity index is 1.67. The Morgan fingerprint density at radius 1 is 1.04 bits per heavy atom. The maximum absolute atomic E-state index is 13.3. The van der Waals surface area contributed by atoms with Crippen molar-refractivity contribution in [2.45, 2.75) is 33.6 Å². The minimum atomic E-state index is -0.528. The number of nitrogens with two attached hydrogens (primary N) is 1. The van der Waals surface area contributed by atoms with Gasteiger partial charge in [0.25, 0.3) is 0 Å². The highest BCUT2D eigenvalue weighted by Crippen LogP contribution is 2.60. The van der Waals surface area contributed by atoms with E-state index in [0.29, 0.717) is 22.9 Å². The largest absolute Gasteiger partial charge is 0.457 e. The molecule has 0 spiro atoms. The average Bonchev–Trinajstić information content (AvgIpc) is 2.81. The summed E-state index contributed by atoms with van der Waals surface area (Å²) in [4.78, 5) is 27.8. The van der Waals surface area contributed by atoms with Gasteiger partial charge in [-0.15, -0.1) is 0 Å². The van der Waals surface area contributed by atoms with Crippen LogP contribution in [-0.4, -0.2) is 11.8 Å². The van der Waals surface area contributed by atoms with Crippen LogP contribution >= 0.6 is 0 Å². The van der Waals surface area contributed by atoms with Gasteiger partial charge in [-0.2, -0.15) is 0 Å². The lowest BCUT2D eigenvalue weighted by Gasteiger charge is -2.47. The standard InChI is InChI=1S/C22H24N2O3/c1-21(2)18-11-12-22(21,3)20(26)24(19(18)25)15-5-4-6-17(13-15)27-16-9-7-14(23)8-10-16/h4-10,13,18H,11-12,23H2,1-3H3. The number of anilines is 2. The lowest BCUT2D eigenvalue weighted by atomic mass is 9.62. The molecule has 1 heterocycles. The van der Waals surface area contributed by atoms with E-state index in [9.17, 15) is 9.59 Å². The number of piperidine rings is 1. The monoisotopic (exact) mass is 364 g/mol. The molecule has 2 aromatic carbocycles. The van der Waals surface area contributed by atoms with Gasteiger partial charge in [-0.3, -0.25) is 9.59 Å². The van der Waals surface area contributed by atoms with Crippen LogP contribution in [0.4, 0.5) is 11.4 Å². The lowest BCUT2D eigenvalue weighted by Crippen LogP contribution is -2.59. The van der Waals surface area contributed by atoms with Crippen LogP contribution in [0.5, 0.6) is 11.5 Å². The quantitative estimate of drug-likeness (QED) is 0.648. The Labute approximate surface area is 159 Å². The summed E-state index contributed by atoms with van der Waals surface area (Å²) in [5.41, 5.74) is 6.07. The molecular weight excluding hydrogens is 340 g/mol. The van der Waals surface area contributed by atoms with Gasteiger partial charge in [0.05, 0.1) is 11.1 Å². The van der Waals surface area contributed by atoms with E-state index in [1.54, 1.807) is 48.5 Å². The van der Waals surface area contributed by atoms with Crippen LogP contribution in [0.15, 0.2) is 48.5 Å². The highest BCUT2D eigenvalue weighted by atomic mass is 16.5. The molecule has 27 heavy (non-hydrogen) atoms. The Morgan fingerprint density at radius 3 is 2.44 bits per heavy atom. The second kappa shape index (κ2) is 5.84. The molecule has 2 fully saturated rings. The Morgan fingerprint density at radius 2 is 1.74 bits per heavy atom. The molecule has 2 bridgehead atoms. The van der Waals surface area contributed by atoms with Gasteiger partial charge in [-0.05, 0) is 54.7 Å². The summed E-state index contributed by atoms with van der Waals surface area (Å²) in [5, 5.41) is 0. The highest BCUT2D eigenvalue weighted by Gasteiger charge is 2.64. The molecule has 4 rings (SSSR count). The Hall–Kier alpha value is -2.82. The number of rotatable bonds is 3. The molecule has 2 aliphatic rings. The maximum atomic E-state index is 13.3. The number of amides is 2. The van der Waals surface area contributed by atoms with Gasteiger partial charge >= 0.3 is 0 Å². The fraction of sp³-hybridized carbons (Fsp3) is 0.364. The first-order valence-electron chi connectivity index (χ1n) is 9.26. The van der Waals surface area contributed by atoms with Crippen LogP contribution in [0.1, 0.15) is 33.6 Å².